The predicted octanol–water partition coefficient (Wildman–Crippen LogP) is 1.06. The van der Waals surface area contributed by atoms with Gasteiger partial charge in [0.15, 0.2) is 21.4 Å². The second kappa shape index (κ2) is 4.44. The third-order valence-electron chi connectivity index (χ3n) is 2.71. The number of hydrogen-bond donors (Lipinski definition) is 2. The zero-order valence-corrected chi connectivity index (χ0v) is 11.4. The Hall–Kier alpha value is -2.16. The van der Waals surface area contributed by atoms with Crippen molar-refractivity contribution in [3.05, 3.63) is 23.8 Å². The van der Waals surface area contributed by atoms with Gasteiger partial charge in [-0.3, -0.25) is 4.68 Å². The molecule has 6 nitrogen and oxygen atoms in total. The van der Waals surface area contributed by atoms with Crippen LogP contribution in [0.15, 0.2) is 17.0 Å². The molecule has 0 saturated carbocycles. The van der Waals surface area contributed by atoms with Gasteiger partial charge in [-0.05, 0) is 6.07 Å². The van der Waals surface area contributed by atoms with Crippen molar-refractivity contribution in [1.82, 2.24) is 9.78 Å². The summed E-state index contributed by atoms with van der Waals surface area (Å²) < 4.78 is 51.5. The van der Waals surface area contributed by atoms with Crippen LogP contribution in [0.2, 0.25) is 0 Å². The number of aromatic hydroxyl groups is 1. The van der Waals surface area contributed by atoms with Gasteiger partial charge in [0.05, 0.1) is 5.69 Å². The number of benzene rings is 1. The molecule has 9 heteroatoms. The monoisotopic (exact) mass is 303 g/mol. The van der Waals surface area contributed by atoms with Gasteiger partial charge in [0, 0.05) is 24.9 Å². The lowest BCUT2D eigenvalue weighted by Crippen LogP contribution is -2.05. The van der Waals surface area contributed by atoms with E-state index < -0.39 is 32.1 Å². The highest BCUT2D eigenvalue weighted by Gasteiger charge is 2.26. The SMILES string of the molecule is Cn1nc(-c2cc(F)c(S(C)(=O)=O)c(F)c2O)cc1N. The molecule has 2 rings (SSSR count). The van der Waals surface area contributed by atoms with Gasteiger partial charge in [0.1, 0.15) is 16.5 Å². The van der Waals surface area contributed by atoms with Gasteiger partial charge >= 0.3 is 0 Å². The summed E-state index contributed by atoms with van der Waals surface area (Å²) in [6.07, 6.45) is 0.645. The molecule has 20 heavy (non-hydrogen) atoms. The number of hydrogen-bond acceptors (Lipinski definition) is 5. The van der Waals surface area contributed by atoms with Crippen LogP contribution in [0.5, 0.6) is 5.75 Å². The van der Waals surface area contributed by atoms with Gasteiger partial charge in [-0.25, -0.2) is 17.2 Å². The molecule has 0 saturated heterocycles. The zero-order chi connectivity index (χ0) is 15.2. The maximum atomic E-state index is 13.9. The Balaban J connectivity index is 2.76. The van der Waals surface area contributed by atoms with Crippen molar-refractivity contribution in [1.29, 1.82) is 0 Å². The number of phenols is 1. The van der Waals surface area contributed by atoms with Crippen LogP contribution >= 0.6 is 0 Å². The maximum Gasteiger partial charge on any atom is 0.187 e. The highest BCUT2D eigenvalue weighted by Crippen LogP contribution is 2.36. The first kappa shape index (κ1) is 14.3. The van der Waals surface area contributed by atoms with Crippen LogP contribution in [0.1, 0.15) is 0 Å². The molecule has 0 fully saturated rings. The second-order valence-corrected chi connectivity index (χ2v) is 6.20. The molecular weight excluding hydrogens is 292 g/mol. The molecule has 108 valence electrons. The summed E-state index contributed by atoms with van der Waals surface area (Å²) in [7, 11) is -2.64. The van der Waals surface area contributed by atoms with Gasteiger partial charge < -0.3 is 10.8 Å². The topological polar surface area (TPSA) is 98.2 Å². The van der Waals surface area contributed by atoms with Crippen molar-refractivity contribution in [2.24, 2.45) is 7.05 Å². The van der Waals surface area contributed by atoms with E-state index in [0.717, 1.165) is 0 Å². The third kappa shape index (κ3) is 2.20. The van der Waals surface area contributed by atoms with Crippen LogP contribution in [0.3, 0.4) is 0 Å². The van der Waals surface area contributed by atoms with Crippen LogP contribution in [-0.4, -0.2) is 29.6 Å². The lowest BCUT2D eigenvalue weighted by Gasteiger charge is -2.08. The first-order valence-electron chi connectivity index (χ1n) is 5.34. The van der Waals surface area contributed by atoms with Gasteiger partial charge in [-0.2, -0.15) is 5.10 Å². The van der Waals surface area contributed by atoms with Crippen LogP contribution < -0.4 is 5.73 Å². The van der Waals surface area contributed by atoms with Gasteiger partial charge in [-0.15, -0.1) is 0 Å². The van der Waals surface area contributed by atoms with E-state index in [-0.39, 0.29) is 17.1 Å². The Bertz CT molecular complexity index is 780. The van der Waals surface area contributed by atoms with E-state index in [2.05, 4.69) is 5.10 Å². The van der Waals surface area contributed by atoms with E-state index in [1.165, 1.54) is 17.8 Å². The van der Waals surface area contributed by atoms with Gasteiger partial charge in [0.2, 0.25) is 0 Å². The van der Waals surface area contributed by atoms with Crippen LogP contribution in [0.25, 0.3) is 11.3 Å². The first-order valence-corrected chi connectivity index (χ1v) is 7.23. The maximum absolute atomic E-state index is 13.9. The third-order valence-corrected chi connectivity index (χ3v) is 3.83. The molecule has 0 aliphatic heterocycles. The van der Waals surface area contributed by atoms with Crippen molar-refractivity contribution < 1.29 is 22.3 Å². The lowest BCUT2D eigenvalue weighted by atomic mass is 10.1. The predicted molar refractivity (Wildman–Crippen MR) is 67.7 cm³/mol. The summed E-state index contributed by atoms with van der Waals surface area (Å²) in [6, 6.07) is 2.00. The smallest absolute Gasteiger partial charge is 0.187 e. The van der Waals surface area contributed by atoms with Crippen LogP contribution in [-0.2, 0) is 16.9 Å². The van der Waals surface area contributed by atoms with Crippen molar-refractivity contribution in [2.45, 2.75) is 4.90 Å². The number of aromatic nitrogens is 2. The number of sulfone groups is 1. The van der Waals surface area contributed by atoms with E-state index in [9.17, 15) is 22.3 Å². The van der Waals surface area contributed by atoms with Crippen LogP contribution in [0.4, 0.5) is 14.6 Å². The molecule has 0 radical (unpaired) electrons. The standard InChI is InChI=1S/C11H11F2N3O3S/c1-16-8(14)4-7(15-16)5-3-6(12)11(20(2,18)19)9(13)10(5)17/h3-4,17H,14H2,1-2H3. The summed E-state index contributed by atoms with van der Waals surface area (Å²) >= 11 is 0. The number of nitrogens with zero attached hydrogens (tertiary/aromatic N) is 2. The minimum Gasteiger partial charge on any atom is -0.504 e. The van der Waals surface area contributed by atoms with Gasteiger partial charge in [-0.1, -0.05) is 0 Å². The zero-order valence-electron chi connectivity index (χ0n) is 10.6. The highest BCUT2D eigenvalue weighted by atomic mass is 32.2. The molecule has 0 amide bonds. The largest absolute Gasteiger partial charge is 0.504 e. The Morgan fingerprint density at radius 1 is 1.35 bits per heavy atom. The van der Waals surface area contributed by atoms with Crippen LogP contribution in [0, 0.1) is 11.6 Å². The van der Waals surface area contributed by atoms with Crippen molar-refractivity contribution >= 4 is 15.7 Å². The molecule has 1 aromatic heterocycles. The minimum atomic E-state index is -4.15. The first-order chi connectivity index (χ1) is 9.12. The average molecular weight is 303 g/mol. The van der Waals surface area contributed by atoms with Gasteiger partial charge in [0.25, 0.3) is 0 Å². The Morgan fingerprint density at radius 2 is 1.95 bits per heavy atom. The molecule has 0 spiro atoms. The van der Waals surface area contributed by atoms with E-state index in [1.807, 2.05) is 0 Å². The normalized spacial score (nSPS) is 11.8. The number of nitrogen functional groups attached to an aromatic ring is 1. The van der Waals surface area contributed by atoms with E-state index in [1.54, 1.807) is 0 Å². The number of halogens is 2. The molecule has 0 bridgehead atoms. The highest BCUT2D eigenvalue weighted by molar-refractivity contribution is 7.90. The Kier molecular flexibility index (Phi) is 3.17. The fourth-order valence-corrected chi connectivity index (χ4v) is 2.58. The second-order valence-electron chi connectivity index (χ2n) is 4.25. The number of phenolic OH excluding ortho intramolecular Hbond substituents is 1. The molecule has 1 aromatic carbocycles. The van der Waals surface area contributed by atoms with Crippen molar-refractivity contribution in [3.8, 4) is 17.0 Å². The van der Waals surface area contributed by atoms with E-state index in [4.69, 9.17) is 5.73 Å². The molecule has 1 heterocycles. The summed E-state index contributed by atoms with van der Waals surface area (Å²) in [5, 5.41) is 13.6. The number of anilines is 1. The number of aryl methyl sites for hydroxylation is 1. The Labute approximate surface area is 113 Å². The molecule has 0 aliphatic rings. The molecule has 2 aromatic rings. The molecule has 3 N–H and O–H groups in total. The molecule has 0 aliphatic carbocycles. The summed E-state index contributed by atoms with van der Waals surface area (Å²) in [5.74, 6) is -3.63. The van der Waals surface area contributed by atoms with Crippen molar-refractivity contribution in [3.63, 3.8) is 0 Å². The fraction of sp³-hybridized carbons (Fsp3) is 0.182. The summed E-state index contributed by atoms with van der Waals surface area (Å²) in [4.78, 5) is -1.18. The molecular formula is C11H11F2N3O3S. The molecule has 0 unspecified atom stereocenters. The van der Waals surface area contributed by atoms with E-state index >= 15 is 0 Å². The minimum absolute atomic E-state index is 0.0281. The number of nitrogens with two attached hydrogens (primary N) is 1. The summed E-state index contributed by atoms with van der Waals surface area (Å²) in [5.41, 5.74) is 5.29. The average Bonchev–Trinajstić information content (AvgIpc) is 2.62. The fourth-order valence-electron chi connectivity index (χ4n) is 1.74. The molecule has 0 atom stereocenters. The lowest BCUT2D eigenvalue weighted by molar-refractivity contribution is 0.414. The number of rotatable bonds is 2. The van der Waals surface area contributed by atoms with E-state index in [0.29, 0.717) is 12.3 Å². The van der Waals surface area contributed by atoms with Crippen molar-refractivity contribution in [2.75, 3.05) is 12.0 Å². The summed E-state index contributed by atoms with van der Waals surface area (Å²) in [6.45, 7) is 0. The Morgan fingerprint density at radius 3 is 2.40 bits per heavy atom. The quantitative estimate of drug-likeness (QED) is 0.864.